The van der Waals surface area contributed by atoms with Crippen molar-refractivity contribution in [2.24, 2.45) is 0 Å². The van der Waals surface area contributed by atoms with Gasteiger partial charge in [0.25, 0.3) is 11.6 Å². The number of allylic oxidation sites excluding steroid dienone is 4. The normalized spacial score (nSPS) is 13.4. The van der Waals surface area contributed by atoms with Crippen molar-refractivity contribution >= 4 is 22.9 Å². The minimum Gasteiger partial charge on any atom is -0.359 e. The van der Waals surface area contributed by atoms with Gasteiger partial charge in [-0.2, -0.15) is 26.3 Å². The van der Waals surface area contributed by atoms with Crippen molar-refractivity contribution in [2.75, 3.05) is 10.6 Å². The summed E-state index contributed by atoms with van der Waals surface area (Å²) in [6.07, 6.45) is -9.21. The topological polar surface area (TPSA) is 58.2 Å². The van der Waals surface area contributed by atoms with Crippen LogP contribution in [0, 0.1) is 0 Å². The number of carbonyl (C=O) groups is 2. The molecule has 0 saturated heterocycles. The van der Waals surface area contributed by atoms with E-state index in [0.717, 1.165) is 0 Å². The van der Waals surface area contributed by atoms with E-state index in [4.69, 9.17) is 0 Å². The molecule has 4 nitrogen and oxygen atoms in total. The maximum atomic E-state index is 12.2. The largest absolute Gasteiger partial charge is 0.454 e. The lowest BCUT2D eigenvalue weighted by Gasteiger charge is -2.11. The number of alkyl halides is 6. The molecule has 0 bridgehead atoms. The van der Waals surface area contributed by atoms with Crippen LogP contribution in [0.25, 0.3) is 0 Å². The Balaban J connectivity index is 2.86. The third-order valence-corrected chi connectivity index (χ3v) is 2.80. The van der Waals surface area contributed by atoms with E-state index in [-0.39, 0.29) is 22.8 Å². The predicted molar refractivity (Wildman–Crippen MR) is 83.3 cm³/mol. The van der Waals surface area contributed by atoms with Crippen LogP contribution < -0.4 is 10.6 Å². The lowest BCUT2D eigenvalue weighted by atomic mass is 10.2. The molecule has 1 aromatic carbocycles. The average molecular weight is 380 g/mol. The fourth-order valence-electron chi connectivity index (χ4n) is 1.76. The number of ketones is 2. The number of halogens is 6. The molecule has 0 aromatic heterocycles. The molecule has 0 amide bonds. The van der Waals surface area contributed by atoms with Gasteiger partial charge in [0.05, 0.1) is 0 Å². The molecule has 0 radical (unpaired) electrons. The molecule has 0 spiro atoms. The summed E-state index contributed by atoms with van der Waals surface area (Å²) in [5.41, 5.74) is 0.412. The second-order valence-electron chi connectivity index (χ2n) is 5.21. The number of anilines is 2. The Kier molecular flexibility index (Phi) is 6.60. The summed E-state index contributed by atoms with van der Waals surface area (Å²) in [5, 5.41) is 5.11. The molecule has 0 aliphatic heterocycles. The van der Waals surface area contributed by atoms with Crippen LogP contribution in [0.2, 0.25) is 0 Å². The molecule has 0 heterocycles. The first kappa shape index (κ1) is 21.3. The van der Waals surface area contributed by atoms with Crippen molar-refractivity contribution in [2.45, 2.75) is 26.2 Å². The molecule has 0 aliphatic carbocycles. The quantitative estimate of drug-likeness (QED) is 0.560. The smallest absolute Gasteiger partial charge is 0.359 e. The first-order chi connectivity index (χ1) is 11.8. The SMILES string of the molecule is C/C(=C\C(=O)C(F)(F)F)Nc1cccc(N/C(C)=C/C(=O)C(F)(F)F)c1. The predicted octanol–water partition coefficient (Wildman–Crippen LogP) is 4.58. The van der Waals surface area contributed by atoms with E-state index >= 15 is 0 Å². The Labute approximate surface area is 144 Å². The van der Waals surface area contributed by atoms with E-state index < -0.39 is 23.9 Å². The molecule has 0 fully saturated rings. The third kappa shape index (κ3) is 6.99. The van der Waals surface area contributed by atoms with E-state index in [9.17, 15) is 35.9 Å². The summed E-state index contributed by atoms with van der Waals surface area (Å²) in [6, 6.07) is 5.80. The Morgan fingerprint density at radius 2 is 1.15 bits per heavy atom. The fourth-order valence-corrected chi connectivity index (χ4v) is 1.76. The van der Waals surface area contributed by atoms with E-state index in [1.807, 2.05) is 0 Å². The molecule has 0 saturated carbocycles. The number of rotatable bonds is 6. The van der Waals surface area contributed by atoms with Gasteiger partial charge in [0.1, 0.15) is 0 Å². The monoisotopic (exact) mass is 380 g/mol. The van der Waals surface area contributed by atoms with E-state index in [2.05, 4.69) is 10.6 Å². The van der Waals surface area contributed by atoms with Crippen LogP contribution in [-0.2, 0) is 9.59 Å². The summed E-state index contributed by atoms with van der Waals surface area (Å²) >= 11 is 0. The van der Waals surface area contributed by atoms with Crippen molar-refractivity contribution in [3.63, 3.8) is 0 Å². The first-order valence-corrected chi connectivity index (χ1v) is 7.02. The van der Waals surface area contributed by atoms with Crippen molar-refractivity contribution < 1.29 is 35.9 Å². The average Bonchev–Trinajstić information content (AvgIpc) is 2.45. The van der Waals surface area contributed by atoms with Crippen molar-refractivity contribution in [1.29, 1.82) is 0 Å². The summed E-state index contributed by atoms with van der Waals surface area (Å²) in [4.78, 5) is 21.8. The zero-order chi connectivity index (χ0) is 20.1. The van der Waals surface area contributed by atoms with E-state index in [1.54, 1.807) is 0 Å². The molecule has 0 aliphatic rings. The number of hydrogen-bond donors (Lipinski definition) is 2. The van der Waals surface area contributed by atoms with Crippen molar-refractivity contribution in [3.8, 4) is 0 Å². The molecule has 10 heteroatoms. The van der Waals surface area contributed by atoms with Gasteiger partial charge < -0.3 is 10.6 Å². The third-order valence-electron chi connectivity index (χ3n) is 2.80. The van der Waals surface area contributed by atoms with Crippen molar-refractivity contribution in [1.82, 2.24) is 0 Å². The number of carbonyl (C=O) groups excluding carboxylic acids is 2. The van der Waals surface area contributed by atoms with Crippen LogP contribution in [0.4, 0.5) is 37.7 Å². The summed E-state index contributed by atoms with van der Waals surface area (Å²) in [6.45, 7) is 2.49. The summed E-state index contributed by atoms with van der Waals surface area (Å²) in [7, 11) is 0. The highest BCUT2D eigenvalue weighted by Gasteiger charge is 2.37. The van der Waals surface area contributed by atoms with Gasteiger partial charge in [0.15, 0.2) is 0 Å². The maximum absolute atomic E-state index is 12.2. The van der Waals surface area contributed by atoms with Gasteiger partial charge in [-0.25, -0.2) is 0 Å². The molecule has 1 aromatic rings. The lowest BCUT2D eigenvalue weighted by Crippen LogP contribution is -2.21. The Morgan fingerprint density at radius 3 is 1.46 bits per heavy atom. The number of benzene rings is 1. The number of hydrogen-bond acceptors (Lipinski definition) is 4. The molecule has 0 unspecified atom stereocenters. The Morgan fingerprint density at radius 1 is 0.808 bits per heavy atom. The highest BCUT2D eigenvalue weighted by Crippen LogP contribution is 2.21. The lowest BCUT2D eigenvalue weighted by molar-refractivity contribution is -0.165. The van der Waals surface area contributed by atoms with Gasteiger partial charge in [0.2, 0.25) is 0 Å². The minimum absolute atomic E-state index is 0.0796. The van der Waals surface area contributed by atoms with Crippen LogP contribution in [0.5, 0.6) is 0 Å². The molecule has 1 rings (SSSR count). The van der Waals surface area contributed by atoms with E-state index in [0.29, 0.717) is 12.2 Å². The van der Waals surface area contributed by atoms with Crippen LogP contribution in [0.1, 0.15) is 13.8 Å². The zero-order valence-corrected chi connectivity index (χ0v) is 13.5. The van der Waals surface area contributed by atoms with Crippen LogP contribution in [0.3, 0.4) is 0 Å². The Bertz CT molecular complexity index is 689. The van der Waals surface area contributed by atoms with Gasteiger partial charge in [-0.1, -0.05) is 6.07 Å². The van der Waals surface area contributed by atoms with Crippen molar-refractivity contribution in [3.05, 3.63) is 47.8 Å². The van der Waals surface area contributed by atoms with E-state index in [1.165, 1.54) is 38.1 Å². The molecule has 2 N–H and O–H groups in total. The molecule has 26 heavy (non-hydrogen) atoms. The maximum Gasteiger partial charge on any atom is 0.454 e. The summed E-state index contributed by atoms with van der Waals surface area (Å²) in [5.74, 6) is -4.05. The molecule has 0 atom stereocenters. The van der Waals surface area contributed by atoms with Crippen LogP contribution in [-0.4, -0.2) is 23.9 Å². The highest BCUT2D eigenvalue weighted by molar-refractivity contribution is 5.95. The zero-order valence-electron chi connectivity index (χ0n) is 13.5. The Hall–Kier alpha value is -2.78. The van der Waals surface area contributed by atoms with Crippen LogP contribution >= 0.6 is 0 Å². The summed E-state index contributed by atoms with van der Waals surface area (Å²) < 4.78 is 73.2. The van der Waals surface area contributed by atoms with Gasteiger partial charge in [-0.15, -0.1) is 0 Å². The molecular weight excluding hydrogens is 366 g/mol. The molecular formula is C16H14F6N2O2. The van der Waals surface area contributed by atoms with Gasteiger partial charge >= 0.3 is 12.4 Å². The standard InChI is InChI=1S/C16H14F6N2O2/c1-9(6-13(25)15(17,18)19)23-11-4-3-5-12(8-11)24-10(2)7-14(26)16(20,21)22/h3-8,23-24H,1-2H3/b9-6+,10-7+. The second-order valence-corrected chi connectivity index (χ2v) is 5.21. The van der Waals surface area contributed by atoms with Gasteiger partial charge in [0, 0.05) is 34.9 Å². The van der Waals surface area contributed by atoms with Gasteiger partial charge in [-0.3, -0.25) is 9.59 Å². The van der Waals surface area contributed by atoms with Crippen LogP contribution in [0.15, 0.2) is 47.8 Å². The fraction of sp³-hybridized carbons (Fsp3) is 0.250. The second kappa shape index (κ2) is 8.07. The molecule has 142 valence electrons. The highest BCUT2D eigenvalue weighted by atomic mass is 19.4. The number of nitrogens with one attached hydrogen (secondary N) is 2. The first-order valence-electron chi connectivity index (χ1n) is 7.02. The van der Waals surface area contributed by atoms with Gasteiger partial charge in [-0.05, 0) is 32.0 Å². The minimum atomic E-state index is -4.99.